The predicted octanol–water partition coefficient (Wildman–Crippen LogP) is 4.56. The van der Waals surface area contributed by atoms with Gasteiger partial charge in [0.05, 0.1) is 18.7 Å². The normalized spacial score (nSPS) is 10.2. The second-order valence-corrected chi connectivity index (χ2v) is 6.06. The minimum Gasteiger partial charge on any atom is -0.495 e. The van der Waals surface area contributed by atoms with E-state index in [2.05, 4.69) is 10.6 Å². The van der Waals surface area contributed by atoms with Crippen LogP contribution in [0.2, 0.25) is 5.02 Å². The van der Waals surface area contributed by atoms with Gasteiger partial charge in [-0.1, -0.05) is 29.8 Å². The van der Waals surface area contributed by atoms with Crippen LogP contribution >= 0.6 is 11.6 Å². The quantitative estimate of drug-likeness (QED) is 0.710. The van der Waals surface area contributed by atoms with Crippen LogP contribution in [-0.2, 0) is 0 Å². The Balaban J connectivity index is 1.71. The molecule has 25 heavy (non-hydrogen) atoms. The summed E-state index contributed by atoms with van der Waals surface area (Å²) < 4.78 is 10.9. The van der Waals surface area contributed by atoms with E-state index in [0.717, 1.165) is 16.9 Å². The number of carbonyl (C=O) groups is 1. The van der Waals surface area contributed by atoms with Crippen LogP contribution in [0.4, 0.5) is 10.5 Å². The number of para-hydroxylation sites is 1. The number of rotatable bonds is 7. The van der Waals surface area contributed by atoms with Crippen molar-refractivity contribution in [2.75, 3.05) is 25.6 Å². The maximum absolute atomic E-state index is 11.9. The first-order valence-corrected chi connectivity index (χ1v) is 8.46. The van der Waals surface area contributed by atoms with Crippen molar-refractivity contribution in [3.8, 4) is 11.5 Å². The molecule has 0 unspecified atom stereocenters. The van der Waals surface area contributed by atoms with Crippen molar-refractivity contribution in [1.29, 1.82) is 0 Å². The van der Waals surface area contributed by atoms with E-state index >= 15 is 0 Å². The standard InChI is InChI=1S/C19H23ClN2O3/c1-13-6-4-7-14(2)18(13)25-11-5-10-21-19(23)22-15-8-9-17(24-3)16(20)12-15/h4,6-9,12H,5,10-11H2,1-3H3,(H2,21,22,23). The second-order valence-electron chi connectivity index (χ2n) is 5.65. The van der Waals surface area contributed by atoms with Crippen molar-refractivity contribution in [1.82, 2.24) is 5.32 Å². The van der Waals surface area contributed by atoms with E-state index < -0.39 is 0 Å². The molecular weight excluding hydrogens is 340 g/mol. The number of carbonyl (C=O) groups excluding carboxylic acids is 1. The van der Waals surface area contributed by atoms with E-state index in [4.69, 9.17) is 21.1 Å². The summed E-state index contributed by atoms with van der Waals surface area (Å²) in [5, 5.41) is 5.97. The highest BCUT2D eigenvalue weighted by Gasteiger charge is 2.06. The van der Waals surface area contributed by atoms with Crippen molar-refractivity contribution in [3.63, 3.8) is 0 Å². The molecule has 2 amide bonds. The molecule has 0 aromatic heterocycles. The predicted molar refractivity (Wildman–Crippen MR) is 101 cm³/mol. The molecule has 0 aliphatic heterocycles. The zero-order valence-corrected chi connectivity index (χ0v) is 15.4. The third-order valence-corrected chi connectivity index (χ3v) is 3.97. The minimum atomic E-state index is -0.284. The second kappa shape index (κ2) is 9.18. The Morgan fingerprint density at radius 3 is 2.52 bits per heavy atom. The molecule has 0 aliphatic rings. The van der Waals surface area contributed by atoms with Crippen LogP contribution in [0.15, 0.2) is 36.4 Å². The van der Waals surface area contributed by atoms with Gasteiger partial charge < -0.3 is 20.1 Å². The average molecular weight is 363 g/mol. The first kappa shape index (κ1) is 18.9. The van der Waals surface area contributed by atoms with Crippen LogP contribution in [0.25, 0.3) is 0 Å². The third-order valence-electron chi connectivity index (χ3n) is 3.67. The SMILES string of the molecule is COc1ccc(NC(=O)NCCCOc2c(C)cccc2C)cc1Cl. The van der Waals surface area contributed by atoms with Gasteiger partial charge in [-0.3, -0.25) is 0 Å². The summed E-state index contributed by atoms with van der Waals surface area (Å²) in [6.07, 6.45) is 0.713. The summed E-state index contributed by atoms with van der Waals surface area (Å²) in [6.45, 7) is 5.10. The van der Waals surface area contributed by atoms with Gasteiger partial charge in [-0.15, -0.1) is 0 Å². The number of methoxy groups -OCH3 is 1. The fourth-order valence-electron chi connectivity index (χ4n) is 2.39. The van der Waals surface area contributed by atoms with Gasteiger partial charge in [0.2, 0.25) is 0 Å². The fraction of sp³-hybridized carbons (Fsp3) is 0.316. The molecule has 0 saturated carbocycles. The lowest BCUT2D eigenvalue weighted by atomic mass is 10.1. The van der Waals surface area contributed by atoms with E-state index in [9.17, 15) is 4.79 Å². The molecule has 0 saturated heterocycles. The monoisotopic (exact) mass is 362 g/mol. The Morgan fingerprint density at radius 2 is 1.88 bits per heavy atom. The topological polar surface area (TPSA) is 59.6 Å². The maximum atomic E-state index is 11.9. The number of benzene rings is 2. The molecule has 2 aromatic carbocycles. The summed E-state index contributed by atoms with van der Waals surface area (Å²) in [4.78, 5) is 11.9. The summed E-state index contributed by atoms with van der Waals surface area (Å²) in [6, 6.07) is 10.8. The molecule has 134 valence electrons. The molecule has 0 heterocycles. The highest BCUT2D eigenvalue weighted by atomic mass is 35.5. The Kier molecular flexibility index (Phi) is 6.95. The molecule has 0 radical (unpaired) electrons. The van der Waals surface area contributed by atoms with E-state index in [1.807, 2.05) is 32.0 Å². The van der Waals surface area contributed by atoms with Gasteiger partial charge in [0, 0.05) is 12.2 Å². The number of hydrogen-bond donors (Lipinski definition) is 2. The molecule has 2 N–H and O–H groups in total. The number of ether oxygens (including phenoxy) is 2. The molecule has 5 nitrogen and oxygen atoms in total. The van der Waals surface area contributed by atoms with E-state index in [1.165, 1.54) is 0 Å². The zero-order chi connectivity index (χ0) is 18.2. The Hall–Kier alpha value is -2.40. The molecule has 0 bridgehead atoms. The van der Waals surface area contributed by atoms with Crippen molar-refractivity contribution in [3.05, 3.63) is 52.5 Å². The van der Waals surface area contributed by atoms with Gasteiger partial charge in [0.25, 0.3) is 0 Å². The Bertz CT molecular complexity index is 714. The summed E-state index contributed by atoms with van der Waals surface area (Å²) in [5.74, 6) is 1.48. The van der Waals surface area contributed by atoms with Crippen LogP contribution in [0, 0.1) is 13.8 Å². The third kappa shape index (κ3) is 5.57. The highest BCUT2D eigenvalue weighted by molar-refractivity contribution is 6.32. The number of urea groups is 1. The van der Waals surface area contributed by atoms with Crippen molar-refractivity contribution >= 4 is 23.3 Å². The van der Waals surface area contributed by atoms with Crippen LogP contribution in [0.1, 0.15) is 17.5 Å². The van der Waals surface area contributed by atoms with Crippen LogP contribution in [0.5, 0.6) is 11.5 Å². The van der Waals surface area contributed by atoms with E-state index in [-0.39, 0.29) is 6.03 Å². The molecular formula is C19H23ClN2O3. The summed E-state index contributed by atoms with van der Waals surface area (Å²) in [5.41, 5.74) is 2.83. The molecule has 0 atom stereocenters. The summed E-state index contributed by atoms with van der Waals surface area (Å²) in [7, 11) is 1.54. The Labute approximate surface area is 153 Å². The molecule has 6 heteroatoms. The van der Waals surface area contributed by atoms with Crippen molar-refractivity contribution in [2.45, 2.75) is 20.3 Å². The lowest BCUT2D eigenvalue weighted by Crippen LogP contribution is -2.30. The molecule has 0 spiro atoms. The fourth-order valence-corrected chi connectivity index (χ4v) is 2.65. The van der Waals surface area contributed by atoms with Gasteiger partial charge in [-0.25, -0.2) is 4.79 Å². The number of halogens is 1. The van der Waals surface area contributed by atoms with Gasteiger partial charge in [0.15, 0.2) is 0 Å². The maximum Gasteiger partial charge on any atom is 0.319 e. The lowest BCUT2D eigenvalue weighted by molar-refractivity contribution is 0.250. The largest absolute Gasteiger partial charge is 0.495 e. The lowest BCUT2D eigenvalue weighted by Gasteiger charge is -2.12. The number of aryl methyl sites for hydroxylation is 2. The van der Waals surface area contributed by atoms with Crippen molar-refractivity contribution < 1.29 is 14.3 Å². The number of anilines is 1. The van der Waals surface area contributed by atoms with E-state index in [0.29, 0.717) is 36.0 Å². The van der Waals surface area contributed by atoms with Gasteiger partial charge in [-0.2, -0.15) is 0 Å². The zero-order valence-electron chi connectivity index (χ0n) is 14.7. The average Bonchev–Trinajstić information content (AvgIpc) is 2.57. The van der Waals surface area contributed by atoms with Crippen LogP contribution in [0.3, 0.4) is 0 Å². The van der Waals surface area contributed by atoms with Gasteiger partial charge in [0.1, 0.15) is 11.5 Å². The first-order valence-electron chi connectivity index (χ1n) is 8.08. The number of hydrogen-bond acceptors (Lipinski definition) is 3. The highest BCUT2D eigenvalue weighted by Crippen LogP contribution is 2.27. The van der Waals surface area contributed by atoms with E-state index in [1.54, 1.807) is 25.3 Å². The molecule has 2 rings (SSSR count). The van der Waals surface area contributed by atoms with Gasteiger partial charge >= 0.3 is 6.03 Å². The molecule has 0 fully saturated rings. The van der Waals surface area contributed by atoms with Crippen molar-refractivity contribution in [2.24, 2.45) is 0 Å². The number of nitrogens with one attached hydrogen (secondary N) is 2. The van der Waals surface area contributed by atoms with Gasteiger partial charge in [-0.05, 0) is 49.6 Å². The smallest absolute Gasteiger partial charge is 0.319 e. The number of amides is 2. The van der Waals surface area contributed by atoms with Crippen LogP contribution < -0.4 is 20.1 Å². The molecule has 0 aliphatic carbocycles. The minimum absolute atomic E-state index is 0.284. The first-order chi connectivity index (χ1) is 12.0. The molecule has 2 aromatic rings. The van der Waals surface area contributed by atoms with Crippen LogP contribution in [-0.4, -0.2) is 26.3 Å². The summed E-state index contributed by atoms with van der Waals surface area (Å²) >= 11 is 6.03. The Morgan fingerprint density at radius 1 is 1.16 bits per heavy atom.